The Labute approximate surface area is 157 Å². The summed E-state index contributed by atoms with van der Waals surface area (Å²) in [6.45, 7) is 4.41. The first kappa shape index (κ1) is 20.3. The van der Waals surface area contributed by atoms with Crippen LogP contribution in [0.1, 0.15) is 29.9 Å². The Morgan fingerprint density at radius 1 is 1.27 bits per heavy atom. The first-order chi connectivity index (χ1) is 12.0. The molecule has 2 aromatic rings. The highest BCUT2D eigenvalue weighted by Crippen LogP contribution is 2.36. The second-order valence-corrected chi connectivity index (χ2v) is 6.82. The number of aryl methyl sites for hydroxylation is 2. The van der Waals surface area contributed by atoms with Crippen LogP contribution < -0.4 is 10.1 Å². The van der Waals surface area contributed by atoms with Crippen molar-refractivity contribution < 1.29 is 22.7 Å². The summed E-state index contributed by atoms with van der Waals surface area (Å²) in [5.74, 6) is -0.481. The molecule has 9 heteroatoms. The van der Waals surface area contributed by atoms with Gasteiger partial charge in [0, 0.05) is 22.8 Å². The SMILES string of the molecule is Cc1nn(C)c(C)c1[C@H](NC(=O)[C@H](C)Oc1ccc(Br)cc1)C(F)(F)F. The summed E-state index contributed by atoms with van der Waals surface area (Å²) in [6, 6.07) is 4.50. The minimum atomic E-state index is -4.66. The molecule has 2 atom stereocenters. The molecule has 0 spiro atoms. The van der Waals surface area contributed by atoms with Crippen molar-refractivity contribution in [3.05, 3.63) is 45.7 Å². The fourth-order valence-corrected chi connectivity index (χ4v) is 2.82. The first-order valence-corrected chi connectivity index (χ1v) is 8.59. The number of halogens is 4. The van der Waals surface area contributed by atoms with Gasteiger partial charge in [-0.1, -0.05) is 15.9 Å². The summed E-state index contributed by atoms with van der Waals surface area (Å²) in [4.78, 5) is 12.3. The van der Waals surface area contributed by atoms with E-state index >= 15 is 0 Å². The summed E-state index contributed by atoms with van der Waals surface area (Å²) < 4.78 is 48.3. The number of amides is 1. The van der Waals surface area contributed by atoms with Crippen molar-refractivity contribution in [3.8, 4) is 5.75 Å². The molecule has 26 heavy (non-hydrogen) atoms. The van der Waals surface area contributed by atoms with E-state index in [2.05, 4.69) is 21.0 Å². The van der Waals surface area contributed by atoms with Gasteiger partial charge in [0.2, 0.25) is 0 Å². The second kappa shape index (κ2) is 7.69. The molecule has 0 bridgehead atoms. The third-order valence-electron chi connectivity index (χ3n) is 3.96. The predicted molar refractivity (Wildman–Crippen MR) is 93.9 cm³/mol. The van der Waals surface area contributed by atoms with Gasteiger partial charge >= 0.3 is 6.18 Å². The van der Waals surface area contributed by atoms with Crippen LogP contribution in [0.4, 0.5) is 13.2 Å². The van der Waals surface area contributed by atoms with E-state index in [9.17, 15) is 18.0 Å². The summed E-state index contributed by atoms with van der Waals surface area (Å²) in [6.07, 6.45) is -5.76. The molecular formula is C17H19BrF3N3O2. The zero-order valence-electron chi connectivity index (χ0n) is 14.7. The van der Waals surface area contributed by atoms with Gasteiger partial charge in [-0.05, 0) is 45.0 Å². The van der Waals surface area contributed by atoms with Crippen molar-refractivity contribution in [1.82, 2.24) is 15.1 Å². The maximum Gasteiger partial charge on any atom is 0.413 e. The van der Waals surface area contributed by atoms with Gasteiger partial charge in [0.1, 0.15) is 5.75 Å². The zero-order chi connectivity index (χ0) is 19.6. The highest BCUT2D eigenvalue weighted by Gasteiger charge is 2.45. The van der Waals surface area contributed by atoms with Crippen LogP contribution >= 0.6 is 15.9 Å². The number of benzene rings is 1. The number of carbonyl (C=O) groups excluding carboxylic acids is 1. The van der Waals surface area contributed by atoms with Gasteiger partial charge in [-0.3, -0.25) is 9.48 Å². The number of carbonyl (C=O) groups is 1. The van der Waals surface area contributed by atoms with Crippen LogP contribution in [-0.4, -0.2) is 28.0 Å². The highest BCUT2D eigenvalue weighted by atomic mass is 79.9. The van der Waals surface area contributed by atoms with Crippen LogP contribution in [0.3, 0.4) is 0 Å². The molecule has 1 aromatic heterocycles. The van der Waals surface area contributed by atoms with E-state index in [1.807, 2.05) is 5.32 Å². The molecule has 5 nitrogen and oxygen atoms in total. The van der Waals surface area contributed by atoms with E-state index in [1.54, 1.807) is 31.3 Å². The Balaban J connectivity index is 2.20. The van der Waals surface area contributed by atoms with Gasteiger partial charge in [0.25, 0.3) is 5.91 Å². The molecule has 1 aromatic carbocycles. The maximum atomic E-state index is 13.6. The second-order valence-electron chi connectivity index (χ2n) is 5.91. The first-order valence-electron chi connectivity index (χ1n) is 7.80. The van der Waals surface area contributed by atoms with Crippen molar-refractivity contribution in [3.63, 3.8) is 0 Å². The Morgan fingerprint density at radius 2 is 1.85 bits per heavy atom. The van der Waals surface area contributed by atoms with Crippen LogP contribution in [0.5, 0.6) is 5.75 Å². The van der Waals surface area contributed by atoms with E-state index < -0.39 is 24.2 Å². The lowest BCUT2D eigenvalue weighted by molar-refractivity contribution is -0.165. The molecule has 1 amide bonds. The van der Waals surface area contributed by atoms with Gasteiger partial charge in [-0.25, -0.2) is 0 Å². The lowest BCUT2D eigenvalue weighted by Gasteiger charge is -2.24. The number of nitrogens with one attached hydrogen (secondary N) is 1. The Hall–Kier alpha value is -2.03. The van der Waals surface area contributed by atoms with E-state index in [-0.39, 0.29) is 11.3 Å². The lowest BCUT2D eigenvalue weighted by atomic mass is 10.0. The third-order valence-corrected chi connectivity index (χ3v) is 4.49. The van der Waals surface area contributed by atoms with E-state index in [0.29, 0.717) is 11.4 Å². The molecule has 1 N–H and O–H groups in total. The molecule has 0 radical (unpaired) electrons. The summed E-state index contributed by atoms with van der Waals surface area (Å²) >= 11 is 3.27. The van der Waals surface area contributed by atoms with Crippen LogP contribution in [0.2, 0.25) is 0 Å². The molecule has 0 aliphatic carbocycles. The number of aromatic nitrogens is 2. The van der Waals surface area contributed by atoms with E-state index in [1.165, 1.54) is 25.5 Å². The Kier molecular flexibility index (Phi) is 6.00. The number of ether oxygens (including phenoxy) is 1. The summed E-state index contributed by atoms with van der Waals surface area (Å²) in [7, 11) is 1.56. The number of hydrogen-bond acceptors (Lipinski definition) is 3. The lowest BCUT2D eigenvalue weighted by Crippen LogP contribution is -2.44. The van der Waals surface area contributed by atoms with Gasteiger partial charge in [-0.15, -0.1) is 0 Å². The van der Waals surface area contributed by atoms with Crippen molar-refractivity contribution >= 4 is 21.8 Å². The van der Waals surface area contributed by atoms with Crippen LogP contribution in [0.15, 0.2) is 28.7 Å². The largest absolute Gasteiger partial charge is 0.481 e. The van der Waals surface area contributed by atoms with Crippen molar-refractivity contribution in [2.24, 2.45) is 7.05 Å². The molecule has 1 heterocycles. The maximum absolute atomic E-state index is 13.6. The molecule has 0 saturated heterocycles. The standard InChI is InChI=1S/C17H19BrF3N3O2/c1-9-14(10(2)24(4)23-9)15(17(19,20)21)22-16(25)11(3)26-13-7-5-12(18)6-8-13/h5-8,11,15H,1-4H3,(H,22,25)/t11-,15-/m0/s1. The van der Waals surface area contributed by atoms with Gasteiger partial charge in [0.15, 0.2) is 12.1 Å². The molecule has 2 rings (SSSR count). The monoisotopic (exact) mass is 433 g/mol. The van der Waals surface area contributed by atoms with Gasteiger partial charge < -0.3 is 10.1 Å². The number of alkyl halides is 3. The van der Waals surface area contributed by atoms with Gasteiger partial charge in [0.05, 0.1) is 5.69 Å². The van der Waals surface area contributed by atoms with Crippen LogP contribution in [0.25, 0.3) is 0 Å². The minimum absolute atomic E-state index is 0.0517. The van der Waals surface area contributed by atoms with Crippen molar-refractivity contribution in [1.29, 1.82) is 0 Å². The topological polar surface area (TPSA) is 56.2 Å². The third kappa shape index (κ3) is 4.57. The molecule has 142 valence electrons. The molecule has 0 unspecified atom stereocenters. The molecule has 0 aliphatic rings. The zero-order valence-corrected chi connectivity index (χ0v) is 16.3. The van der Waals surface area contributed by atoms with Crippen LogP contribution in [-0.2, 0) is 11.8 Å². The number of rotatable bonds is 5. The normalized spacial score (nSPS) is 14.0. The van der Waals surface area contributed by atoms with Crippen LogP contribution in [0, 0.1) is 13.8 Å². The Bertz CT molecular complexity index is 788. The summed E-state index contributed by atoms with van der Waals surface area (Å²) in [5, 5.41) is 6.05. The molecule has 0 aliphatic heterocycles. The highest BCUT2D eigenvalue weighted by molar-refractivity contribution is 9.10. The van der Waals surface area contributed by atoms with Crippen molar-refractivity contribution in [2.75, 3.05) is 0 Å². The molecule has 0 saturated carbocycles. The number of nitrogens with zero attached hydrogens (tertiary/aromatic N) is 2. The molecule has 0 fully saturated rings. The Morgan fingerprint density at radius 3 is 2.31 bits per heavy atom. The minimum Gasteiger partial charge on any atom is -0.481 e. The average molecular weight is 434 g/mol. The smallest absolute Gasteiger partial charge is 0.413 e. The van der Waals surface area contributed by atoms with Crippen molar-refractivity contribution in [2.45, 2.75) is 39.1 Å². The fourth-order valence-electron chi connectivity index (χ4n) is 2.56. The van der Waals surface area contributed by atoms with E-state index in [4.69, 9.17) is 4.74 Å². The van der Waals surface area contributed by atoms with Gasteiger partial charge in [-0.2, -0.15) is 18.3 Å². The molecular weight excluding hydrogens is 415 g/mol. The fraction of sp³-hybridized carbons (Fsp3) is 0.412. The summed E-state index contributed by atoms with van der Waals surface area (Å²) in [5.41, 5.74) is 0.505. The quantitative estimate of drug-likeness (QED) is 0.775. The van der Waals surface area contributed by atoms with E-state index in [0.717, 1.165) is 4.47 Å². The number of hydrogen-bond donors (Lipinski definition) is 1. The average Bonchev–Trinajstić information content (AvgIpc) is 2.78. The predicted octanol–water partition coefficient (Wildman–Crippen LogP) is 3.99.